The van der Waals surface area contributed by atoms with Crippen LogP contribution < -0.4 is 4.72 Å². The second-order valence-corrected chi connectivity index (χ2v) is 9.14. The van der Waals surface area contributed by atoms with E-state index in [0.29, 0.717) is 16.5 Å². The molecule has 0 radical (unpaired) electrons. The molecular formula is C19H20F2N2O3S. The summed E-state index contributed by atoms with van der Waals surface area (Å²) in [5.74, 6) is -0.621. The van der Waals surface area contributed by atoms with Gasteiger partial charge in [-0.25, -0.2) is 4.39 Å². The van der Waals surface area contributed by atoms with Gasteiger partial charge in [-0.05, 0) is 44.5 Å². The van der Waals surface area contributed by atoms with E-state index >= 15 is 4.39 Å². The van der Waals surface area contributed by atoms with E-state index in [4.69, 9.17) is 4.42 Å². The van der Waals surface area contributed by atoms with E-state index in [2.05, 4.69) is 9.71 Å². The van der Waals surface area contributed by atoms with Crippen molar-refractivity contribution < 1.29 is 22.9 Å². The summed E-state index contributed by atoms with van der Waals surface area (Å²) in [6.07, 6.45) is 1.42. The van der Waals surface area contributed by atoms with Gasteiger partial charge in [-0.3, -0.25) is 4.98 Å². The van der Waals surface area contributed by atoms with E-state index in [0.717, 1.165) is 0 Å². The van der Waals surface area contributed by atoms with Crippen molar-refractivity contribution in [3.63, 3.8) is 0 Å². The number of rotatable bonds is 5. The summed E-state index contributed by atoms with van der Waals surface area (Å²) in [6, 6.07) is 4.98. The van der Waals surface area contributed by atoms with Gasteiger partial charge < -0.3 is 14.1 Å². The molecule has 0 aliphatic carbocycles. The van der Waals surface area contributed by atoms with Crippen molar-refractivity contribution in [2.45, 2.75) is 38.7 Å². The molecule has 2 aromatic heterocycles. The molecule has 1 aromatic carbocycles. The number of halogens is 2. The fourth-order valence-electron chi connectivity index (χ4n) is 2.64. The van der Waals surface area contributed by atoms with Crippen LogP contribution >= 0.6 is 0 Å². The zero-order chi connectivity index (χ0) is 19.8. The van der Waals surface area contributed by atoms with Crippen LogP contribution in [0.4, 0.5) is 8.78 Å². The molecule has 0 saturated heterocycles. The highest BCUT2D eigenvalue weighted by molar-refractivity contribution is 7.90. The molecule has 8 heteroatoms. The zero-order valence-electron chi connectivity index (χ0n) is 15.2. The van der Waals surface area contributed by atoms with Gasteiger partial charge in [0, 0.05) is 40.1 Å². The molecule has 0 spiro atoms. The molecule has 1 unspecified atom stereocenters. The van der Waals surface area contributed by atoms with Gasteiger partial charge >= 0.3 is 0 Å². The lowest BCUT2D eigenvalue weighted by Crippen LogP contribution is -2.39. The second-order valence-electron chi connectivity index (χ2n) is 7.09. The van der Waals surface area contributed by atoms with Gasteiger partial charge in [0.1, 0.15) is 10.3 Å². The van der Waals surface area contributed by atoms with Crippen molar-refractivity contribution in [2.75, 3.05) is 0 Å². The topological polar surface area (TPSA) is 81.3 Å². The van der Waals surface area contributed by atoms with Gasteiger partial charge in [-0.2, -0.15) is 4.39 Å². The second kappa shape index (κ2) is 7.55. The number of hydrogen-bond acceptors (Lipinski definition) is 5. The fraction of sp³-hybridized carbons (Fsp3) is 0.316. The number of nitrogens with one attached hydrogen (secondary N) is 1. The molecular weight excluding hydrogens is 374 g/mol. The van der Waals surface area contributed by atoms with E-state index < -0.39 is 27.9 Å². The van der Waals surface area contributed by atoms with Gasteiger partial charge in [-0.1, -0.05) is 0 Å². The first-order chi connectivity index (χ1) is 12.7. The third kappa shape index (κ3) is 4.14. The Labute approximate surface area is 158 Å². The van der Waals surface area contributed by atoms with Gasteiger partial charge in [0.2, 0.25) is 0 Å². The maximum atomic E-state index is 15.1. The Morgan fingerprint density at radius 1 is 1.22 bits per heavy atom. The molecule has 0 saturated carbocycles. The van der Waals surface area contributed by atoms with Crippen LogP contribution in [-0.4, -0.2) is 19.4 Å². The third-order valence-corrected chi connectivity index (χ3v) is 5.53. The number of aromatic nitrogens is 1. The molecule has 3 aromatic rings. The van der Waals surface area contributed by atoms with Crippen LogP contribution in [0.1, 0.15) is 32.0 Å². The van der Waals surface area contributed by atoms with Crippen LogP contribution in [0, 0.1) is 11.8 Å². The number of fused-ring (bicyclic) bond motifs is 1. The zero-order valence-corrected chi connectivity index (χ0v) is 16.0. The molecule has 2 N–H and O–H groups in total. The average molecular weight is 394 g/mol. The van der Waals surface area contributed by atoms with Crippen LogP contribution in [-0.2, 0) is 24.5 Å². The third-order valence-electron chi connectivity index (χ3n) is 4.01. The molecule has 5 nitrogen and oxygen atoms in total. The highest BCUT2D eigenvalue weighted by Gasteiger charge is 2.27. The van der Waals surface area contributed by atoms with Gasteiger partial charge in [0.15, 0.2) is 5.82 Å². The summed E-state index contributed by atoms with van der Waals surface area (Å²) in [6.45, 7) is 5.11. The van der Waals surface area contributed by atoms with Crippen LogP contribution in [0.3, 0.4) is 0 Å². The Kier molecular flexibility index (Phi) is 5.53. The van der Waals surface area contributed by atoms with Crippen molar-refractivity contribution in [3.05, 3.63) is 53.6 Å². The molecule has 2 heterocycles. The van der Waals surface area contributed by atoms with Crippen molar-refractivity contribution in [1.29, 1.82) is 0 Å². The molecule has 1 atom stereocenters. The molecule has 0 aliphatic rings. The summed E-state index contributed by atoms with van der Waals surface area (Å²) in [4.78, 5) is 4.02. The largest absolute Gasteiger partial charge is 0.598 e. The monoisotopic (exact) mass is 394 g/mol. The lowest BCUT2D eigenvalue weighted by Gasteiger charge is -2.23. The summed E-state index contributed by atoms with van der Waals surface area (Å²) < 4.78 is 48.1. The molecule has 3 rings (SSSR count). The number of aliphatic hydroxyl groups excluding tert-OH is 1. The van der Waals surface area contributed by atoms with Crippen LogP contribution in [0.2, 0.25) is 0 Å². The predicted octanol–water partition coefficient (Wildman–Crippen LogP) is 3.82. The fourth-order valence-corrected chi connectivity index (χ4v) is 3.34. The quantitative estimate of drug-likeness (QED) is 0.643. The number of aliphatic hydroxyl groups is 1. The lowest BCUT2D eigenvalue weighted by molar-refractivity contribution is 0.282. The molecule has 0 aliphatic heterocycles. The summed E-state index contributed by atoms with van der Waals surface area (Å²) in [5.41, 5.74) is 1.26. The standard InChI is InChI=1S/C19H20F2N2O3S/c1-19(2,3)27(25)23-9-15-17(21)13(4-5-22-15)14-7-11(10-24)6-12-8-16(20)26-18(12)14/h4-8,23-24H,9-10H2,1-3H3. The SMILES string of the molecule is CC(C)(C)[S+]([O-])NCc1nccc(-c2cc(CO)cc3cc(F)oc23)c1F. The Morgan fingerprint density at radius 2 is 1.96 bits per heavy atom. The van der Waals surface area contributed by atoms with Crippen LogP contribution in [0.25, 0.3) is 22.1 Å². The molecule has 0 fully saturated rings. The van der Waals surface area contributed by atoms with Crippen molar-refractivity contribution in [3.8, 4) is 11.1 Å². The predicted molar refractivity (Wildman–Crippen MR) is 100 cm³/mol. The minimum atomic E-state index is -1.38. The average Bonchev–Trinajstić information content (AvgIpc) is 2.99. The maximum absolute atomic E-state index is 15.1. The van der Waals surface area contributed by atoms with Crippen molar-refractivity contribution in [1.82, 2.24) is 9.71 Å². The first kappa shape index (κ1) is 19.8. The highest BCUT2D eigenvalue weighted by atomic mass is 32.2. The Hall–Kier alpha value is -2.00. The Balaban J connectivity index is 2.02. The van der Waals surface area contributed by atoms with E-state index in [1.165, 1.54) is 18.3 Å². The van der Waals surface area contributed by atoms with Crippen LogP contribution in [0.5, 0.6) is 0 Å². The van der Waals surface area contributed by atoms with E-state index in [1.807, 2.05) is 0 Å². The maximum Gasteiger partial charge on any atom is 0.278 e. The number of pyridine rings is 1. The van der Waals surface area contributed by atoms with Gasteiger partial charge in [0.05, 0.1) is 18.8 Å². The lowest BCUT2D eigenvalue weighted by atomic mass is 10.00. The van der Waals surface area contributed by atoms with Crippen molar-refractivity contribution >= 4 is 22.3 Å². The summed E-state index contributed by atoms with van der Waals surface area (Å²) in [5, 5.41) is 9.88. The van der Waals surface area contributed by atoms with Crippen molar-refractivity contribution in [2.24, 2.45) is 0 Å². The normalized spacial score (nSPS) is 13.3. The summed E-state index contributed by atoms with van der Waals surface area (Å²) >= 11 is -1.38. The molecule has 0 bridgehead atoms. The number of furan rings is 1. The number of nitrogens with zero attached hydrogens (tertiary/aromatic N) is 1. The number of benzene rings is 1. The van der Waals surface area contributed by atoms with E-state index in [1.54, 1.807) is 32.9 Å². The summed E-state index contributed by atoms with van der Waals surface area (Å²) in [7, 11) is 0. The highest BCUT2D eigenvalue weighted by Crippen LogP contribution is 2.34. The van der Waals surface area contributed by atoms with Gasteiger partial charge in [-0.15, -0.1) is 4.72 Å². The van der Waals surface area contributed by atoms with E-state index in [9.17, 15) is 14.0 Å². The van der Waals surface area contributed by atoms with Crippen LogP contribution in [0.15, 0.2) is 34.9 Å². The molecule has 0 amide bonds. The smallest absolute Gasteiger partial charge is 0.278 e. The first-order valence-electron chi connectivity index (χ1n) is 8.32. The minimum absolute atomic E-state index is 0.0289. The molecule has 27 heavy (non-hydrogen) atoms. The number of hydrogen-bond donors (Lipinski definition) is 2. The Bertz CT molecular complexity index is 969. The van der Waals surface area contributed by atoms with Gasteiger partial charge in [0.25, 0.3) is 6.01 Å². The molecule has 144 valence electrons. The Morgan fingerprint density at radius 3 is 2.63 bits per heavy atom. The minimum Gasteiger partial charge on any atom is -0.598 e. The first-order valence-corrected chi connectivity index (χ1v) is 9.47. The van der Waals surface area contributed by atoms with E-state index in [-0.39, 0.29) is 30.0 Å².